The van der Waals surface area contributed by atoms with Crippen LogP contribution in [0.25, 0.3) is 0 Å². The smallest absolute Gasteiger partial charge is 0.329 e. The number of hydrogen-bond acceptors (Lipinski definition) is 4. The first-order chi connectivity index (χ1) is 5.82. The van der Waals surface area contributed by atoms with Gasteiger partial charge in [-0.25, -0.2) is 0 Å². The van der Waals surface area contributed by atoms with Crippen molar-refractivity contribution in [3.63, 3.8) is 0 Å². The van der Waals surface area contributed by atoms with Crippen molar-refractivity contribution >= 4 is 9.28 Å². The van der Waals surface area contributed by atoms with E-state index in [-0.39, 0.29) is 5.60 Å². The fourth-order valence-electron chi connectivity index (χ4n) is 1.76. The molecule has 2 aliphatic rings. The molecule has 0 amide bonds. The van der Waals surface area contributed by atoms with Crippen molar-refractivity contribution in [1.82, 2.24) is 0 Å². The lowest BCUT2D eigenvalue weighted by molar-refractivity contribution is 0.171. The Morgan fingerprint density at radius 3 is 2.50 bits per heavy atom. The van der Waals surface area contributed by atoms with Gasteiger partial charge in [-0.2, -0.15) is 0 Å². The van der Waals surface area contributed by atoms with E-state index in [4.69, 9.17) is 18.3 Å². The summed E-state index contributed by atoms with van der Waals surface area (Å²) in [7, 11) is 1.85. The molecule has 2 heterocycles. The summed E-state index contributed by atoms with van der Waals surface area (Å²) in [6.45, 7) is 2.26. The number of epoxide rings is 1. The van der Waals surface area contributed by atoms with Gasteiger partial charge in [0.25, 0.3) is 0 Å². The Hall–Kier alpha value is 0.0569. The molecule has 2 aliphatic heterocycles. The first-order valence-corrected chi connectivity index (χ1v) is 5.70. The highest BCUT2D eigenvalue weighted by atomic mass is 28.3. The van der Waals surface area contributed by atoms with Crippen LogP contribution in [0.3, 0.4) is 0 Å². The molecule has 4 nitrogen and oxygen atoms in total. The third kappa shape index (κ3) is 1.21. The minimum atomic E-state index is -1.56. The van der Waals surface area contributed by atoms with Gasteiger partial charge in [-0.05, 0) is 0 Å². The first kappa shape index (κ1) is 8.65. The van der Waals surface area contributed by atoms with Gasteiger partial charge in [0.1, 0.15) is 5.60 Å². The van der Waals surface area contributed by atoms with E-state index in [0.29, 0.717) is 12.1 Å². The van der Waals surface area contributed by atoms with E-state index in [1.54, 1.807) is 14.2 Å². The van der Waals surface area contributed by atoms with Crippen molar-refractivity contribution in [2.45, 2.75) is 11.1 Å². The van der Waals surface area contributed by atoms with E-state index in [0.717, 1.165) is 13.2 Å². The van der Waals surface area contributed by atoms with Crippen molar-refractivity contribution in [1.29, 1.82) is 0 Å². The topological polar surface area (TPSA) is 40.2 Å². The first-order valence-electron chi connectivity index (χ1n) is 4.10. The van der Waals surface area contributed by atoms with Gasteiger partial charge in [0.05, 0.1) is 25.4 Å². The Kier molecular flexibility index (Phi) is 2.22. The largest absolute Gasteiger partial charge is 0.400 e. The van der Waals surface area contributed by atoms with Crippen LogP contribution in [0.2, 0.25) is 5.54 Å². The highest BCUT2D eigenvalue weighted by Gasteiger charge is 2.59. The average molecular weight is 190 g/mol. The second-order valence-electron chi connectivity index (χ2n) is 3.31. The van der Waals surface area contributed by atoms with E-state index < -0.39 is 9.28 Å². The standard InChI is InChI=1S/C7H14O4Si/c1-8-12(9-2)6-3-10-4-7(6)5-11-7/h6,12H,3-5H2,1-2H3. The van der Waals surface area contributed by atoms with Crippen molar-refractivity contribution in [2.75, 3.05) is 34.0 Å². The molecule has 2 unspecified atom stereocenters. The van der Waals surface area contributed by atoms with Crippen LogP contribution in [0.15, 0.2) is 0 Å². The molecule has 2 rings (SSSR count). The van der Waals surface area contributed by atoms with E-state index in [9.17, 15) is 0 Å². The SMILES string of the molecule is CO[SiH](OC)C1COCC12CO2. The third-order valence-electron chi connectivity index (χ3n) is 2.63. The Labute approximate surface area is 73.6 Å². The van der Waals surface area contributed by atoms with Crippen LogP contribution in [0, 0.1) is 0 Å². The van der Waals surface area contributed by atoms with Crippen molar-refractivity contribution in [2.24, 2.45) is 0 Å². The number of hydrogen-bond donors (Lipinski definition) is 0. The average Bonchev–Trinajstić information content (AvgIpc) is 2.72. The molecule has 1 spiro atoms. The van der Waals surface area contributed by atoms with Crippen LogP contribution >= 0.6 is 0 Å². The molecule has 0 bridgehead atoms. The van der Waals surface area contributed by atoms with Gasteiger partial charge in [-0.1, -0.05) is 0 Å². The fourth-order valence-corrected chi connectivity index (χ4v) is 3.69. The second kappa shape index (κ2) is 3.08. The predicted octanol–water partition coefficient (Wildman–Crippen LogP) is -0.331. The van der Waals surface area contributed by atoms with Gasteiger partial charge in [0, 0.05) is 14.2 Å². The van der Waals surface area contributed by atoms with Gasteiger partial charge in [-0.3, -0.25) is 0 Å². The van der Waals surface area contributed by atoms with Crippen LogP contribution in [0.1, 0.15) is 0 Å². The maximum absolute atomic E-state index is 5.40. The molecular formula is C7H14O4Si. The zero-order valence-electron chi connectivity index (χ0n) is 7.41. The summed E-state index contributed by atoms with van der Waals surface area (Å²) in [6.07, 6.45) is 0. The lowest BCUT2D eigenvalue weighted by atomic mass is 10.1. The van der Waals surface area contributed by atoms with Crippen LogP contribution in [-0.4, -0.2) is 48.9 Å². The predicted molar refractivity (Wildman–Crippen MR) is 44.4 cm³/mol. The molecule has 5 heteroatoms. The molecule has 0 saturated carbocycles. The van der Waals surface area contributed by atoms with Crippen LogP contribution in [0.5, 0.6) is 0 Å². The lowest BCUT2D eigenvalue weighted by Gasteiger charge is -2.19. The minimum absolute atomic E-state index is 0.0249. The third-order valence-corrected chi connectivity index (χ3v) is 5.01. The molecular weight excluding hydrogens is 176 g/mol. The lowest BCUT2D eigenvalue weighted by Crippen LogP contribution is -2.35. The number of ether oxygens (including phenoxy) is 2. The fraction of sp³-hybridized carbons (Fsp3) is 1.00. The Morgan fingerprint density at radius 1 is 1.33 bits per heavy atom. The summed E-state index contributed by atoms with van der Waals surface area (Å²) >= 11 is 0. The molecule has 70 valence electrons. The van der Waals surface area contributed by atoms with Gasteiger partial charge in [0.15, 0.2) is 0 Å². The summed E-state index contributed by atoms with van der Waals surface area (Å²) in [5.41, 5.74) is 0.343. The summed E-state index contributed by atoms with van der Waals surface area (Å²) in [6, 6.07) is 0. The molecule has 0 aromatic heterocycles. The zero-order chi connectivity index (χ0) is 8.60. The van der Waals surface area contributed by atoms with Crippen molar-refractivity contribution in [3.8, 4) is 0 Å². The molecule has 2 saturated heterocycles. The molecule has 12 heavy (non-hydrogen) atoms. The van der Waals surface area contributed by atoms with Crippen molar-refractivity contribution in [3.05, 3.63) is 0 Å². The molecule has 0 N–H and O–H groups in total. The highest BCUT2D eigenvalue weighted by molar-refractivity contribution is 6.47. The van der Waals surface area contributed by atoms with Crippen LogP contribution in [0.4, 0.5) is 0 Å². The zero-order valence-corrected chi connectivity index (χ0v) is 8.56. The van der Waals surface area contributed by atoms with Crippen LogP contribution in [-0.2, 0) is 18.3 Å². The van der Waals surface area contributed by atoms with Gasteiger partial charge in [0.2, 0.25) is 0 Å². The Balaban J connectivity index is 2.01. The maximum Gasteiger partial charge on any atom is 0.329 e. The summed E-state index contributed by atoms with van der Waals surface area (Å²) in [5.74, 6) is 0. The molecule has 0 aromatic rings. The maximum atomic E-state index is 5.40. The van der Waals surface area contributed by atoms with Gasteiger partial charge >= 0.3 is 9.28 Å². The summed E-state index contributed by atoms with van der Waals surface area (Å²) < 4.78 is 21.4. The highest BCUT2D eigenvalue weighted by Crippen LogP contribution is 2.45. The Bertz CT molecular complexity index is 167. The van der Waals surface area contributed by atoms with Crippen LogP contribution < -0.4 is 0 Å². The summed E-state index contributed by atoms with van der Waals surface area (Å²) in [5, 5.41) is 0. The molecule has 0 aromatic carbocycles. The van der Waals surface area contributed by atoms with Gasteiger partial charge < -0.3 is 18.3 Å². The van der Waals surface area contributed by atoms with Crippen molar-refractivity contribution < 1.29 is 18.3 Å². The Morgan fingerprint density at radius 2 is 2.00 bits per heavy atom. The van der Waals surface area contributed by atoms with E-state index in [2.05, 4.69) is 0 Å². The molecule has 2 fully saturated rings. The number of rotatable bonds is 3. The van der Waals surface area contributed by atoms with E-state index in [1.807, 2.05) is 0 Å². The molecule has 0 radical (unpaired) electrons. The summed E-state index contributed by atoms with van der Waals surface area (Å²) in [4.78, 5) is 0. The monoisotopic (exact) mass is 190 g/mol. The minimum Gasteiger partial charge on any atom is -0.400 e. The molecule has 2 atom stereocenters. The molecule has 0 aliphatic carbocycles. The van der Waals surface area contributed by atoms with Gasteiger partial charge in [-0.15, -0.1) is 0 Å². The second-order valence-corrected chi connectivity index (χ2v) is 5.80. The quantitative estimate of drug-likeness (QED) is 0.451. The van der Waals surface area contributed by atoms with E-state index in [1.165, 1.54) is 0 Å². The van der Waals surface area contributed by atoms with E-state index >= 15 is 0 Å². The normalized spacial score (nSPS) is 39.8.